The zero-order valence-electron chi connectivity index (χ0n) is 22.5. The number of alkyl halides is 2. The van der Waals surface area contributed by atoms with Gasteiger partial charge in [-0.3, -0.25) is 24.4 Å². The van der Waals surface area contributed by atoms with Gasteiger partial charge in [-0.1, -0.05) is 49.2 Å². The molecular weight excluding hydrogens is 538 g/mol. The smallest absolute Gasteiger partial charge is 0.349 e. The van der Waals surface area contributed by atoms with Crippen molar-refractivity contribution in [3.8, 4) is 0 Å². The van der Waals surface area contributed by atoms with Crippen LogP contribution in [0.5, 0.6) is 0 Å². The molecule has 0 saturated heterocycles. The number of nitrogens with zero attached hydrogens (tertiary/aromatic N) is 1. The molecule has 4 amide bonds. The number of carbonyl (C=O) groups excluding carboxylic acids is 5. The molecule has 0 aliphatic carbocycles. The second kappa shape index (κ2) is 14.4. The van der Waals surface area contributed by atoms with Crippen molar-refractivity contribution in [1.82, 2.24) is 15.7 Å². The number of fused-ring (bicyclic) bond motifs is 1. The molecule has 0 spiro atoms. The van der Waals surface area contributed by atoms with Crippen LogP contribution in [0.3, 0.4) is 0 Å². The Hall–Kier alpha value is -4.19. The molecular formula is C29H34F2N4O6. The number of halogens is 2. The third-order valence-electron chi connectivity index (χ3n) is 7.06. The standard InChI is InChI=1S/C29H34F2N4O6/c30-29(31,22-12-9-19(10-13-22)6-3-1-2-4-8-25(37)34-41)28(40)33-17-20-11-14-23-21(16-20)18-35(27(23)39)24(26(32)38)7-5-15-36/h9-16,24,41H,1-8,17-18H2,(H2,32,38)(H,33,40)(H,34,37). The monoisotopic (exact) mass is 572 g/mol. The topological polar surface area (TPSA) is 159 Å². The van der Waals surface area contributed by atoms with E-state index in [0.29, 0.717) is 35.8 Å². The van der Waals surface area contributed by atoms with Gasteiger partial charge in [0.2, 0.25) is 11.8 Å². The summed E-state index contributed by atoms with van der Waals surface area (Å²) in [5.41, 5.74) is 8.84. The van der Waals surface area contributed by atoms with E-state index < -0.39 is 41.2 Å². The Labute approximate surface area is 236 Å². The number of rotatable bonds is 16. The molecule has 1 heterocycles. The number of benzene rings is 2. The number of hydroxylamine groups is 1. The first-order valence-electron chi connectivity index (χ1n) is 13.4. The van der Waals surface area contributed by atoms with Gasteiger partial charge in [0.05, 0.1) is 0 Å². The molecule has 12 heteroatoms. The average molecular weight is 573 g/mol. The van der Waals surface area contributed by atoms with Crippen LogP contribution in [0.25, 0.3) is 0 Å². The lowest BCUT2D eigenvalue weighted by Gasteiger charge is -2.24. The van der Waals surface area contributed by atoms with Crippen molar-refractivity contribution in [1.29, 1.82) is 0 Å². The summed E-state index contributed by atoms with van der Waals surface area (Å²) in [5, 5.41) is 10.7. The van der Waals surface area contributed by atoms with Gasteiger partial charge in [-0.25, -0.2) is 5.48 Å². The van der Waals surface area contributed by atoms with Crippen molar-refractivity contribution in [2.24, 2.45) is 5.73 Å². The van der Waals surface area contributed by atoms with Gasteiger partial charge in [0.1, 0.15) is 12.3 Å². The number of primary amides is 1. The molecule has 41 heavy (non-hydrogen) atoms. The van der Waals surface area contributed by atoms with Crippen molar-refractivity contribution < 1.29 is 38.0 Å². The molecule has 2 aromatic rings. The summed E-state index contributed by atoms with van der Waals surface area (Å²) in [7, 11) is 0. The fourth-order valence-corrected chi connectivity index (χ4v) is 4.77. The number of unbranched alkanes of at least 4 members (excludes halogenated alkanes) is 3. The maximum absolute atomic E-state index is 14.9. The molecule has 1 aliphatic rings. The molecule has 0 fully saturated rings. The lowest BCUT2D eigenvalue weighted by molar-refractivity contribution is -0.147. The first-order chi connectivity index (χ1) is 19.6. The minimum absolute atomic E-state index is 0.0665. The van der Waals surface area contributed by atoms with Crippen LogP contribution < -0.4 is 16.5 Å². The van der Waals surface area contributed by atoms with Gasteiger partial charge in [-0.05, 0) is 48.4 Å². The number of aldehydes is 1. The average Bonchev–Trinajstić information content (AvgIpc) is 3.28. The Kier molecular flexibility index (Phi) is 11.0. The highest BCUT2D eigenvalue weighted by atomic mass is 19.3. The summed E-state index contributed by atoms with van der Waals surface area (Å²) in [6, 6.07) is 9.31. The fraction of sp³-hybridized carbons (Fsp3) is 0.414. The predicted molar refractivity (Wildman–Crippen MR) is 143 cm³/mol. The fourth-order valence-electron chi connectivity index (χ4n) is 4.77. The van der Waals surface area contributed by atoms with Crippen molar-refractivity contribution in [3.63, 3.8) is 0 Å². The number of nitrogens with one attached hydrogen (secondary N) is 2. The molecule has 5 N–H and O–H groups in total. The van der Waals surface area contributed by atoms with Crippen molar-refractivity contribution >= 4 is 29.9 Å². The first-order valence-corrected chi connectivity index (χ1v) is 13.4. The van der Waals surface area contributed by atoms with Crippen LogP contribution in [0, 0.1) is 0 Å². The number of hydrogen-bond donors (Lipinski definition) is 4. The van der Waals surface area contributed by atoms with Gasteiger partial charge >= 0.3 is 5.92 Å². The zero-order valence-corrected chi connectivity index (χ0v) is 22.5. The summed E-state index contributed by atoms with van der Waals surface area (Å²) in [5.74, 6) is -6.78. The van der Waals surface area contributed by atoms with E-state index >= 15 is 0 Å². The van der Waals surface area contributed by atoms with Crippen LogP contribution in [0.2, 0.25) is 0 Å². The van der Waals surface area contributed by atoms with Gasteiger partial charge in [0.15, 0.2) is 0 Å². The van der Waals surface area contributed by atoms with Crippen LogP contribution in [-0.2, 0) is 44.6 Å². The maximum Gasteiger partial charge on any atom is 0.349 e. The summed E-state index contributed by atoms with van der Waals surface area (Å²) < 4.78 is 29.8. The predicted octanol–water partition coefficient (Wildman–Crippen LogP) is 2.88. The molecule has 3 rings (SSSR count). The Morgan fingerprint density at radius 2 is 1.73 bits per heavy atom. The number of amides is 4. The van der Waals surface area contributed by atoms with Gasteiger partial charge < -0.3 is 20.7 Å². The lowest BCUT2D eigenvalue weighted by atomic mass is 10.0. The molecule has 0 bridgehead atoms. The van der Waals surface area contributed by atoms with E-state index in [1.165, 1.54) is 23.1 Å². The molecule has 1 atom stereocenters. The summed E-state index contributed by atoms with van der Waals surface area (Å²) in [6.45, 7) is -0.121. The van der Waals surface area contributed by atoms with Crippen LogP contribution in [-0.4, -0.2) is 46.1 Å². The van der Waals surface area contributed by atoms with Crippen LogP contribution in [0.1, 0.15) is 77.6 Å². The summed E-state index contributed by atoms with van der Waals surface area (Å²) in [4.78, 5) is 60.0. The van der Waals surface area contributed by atoms with E-state index in [2.05, 4.69) is 5.32 Å². The Morgan fingerprint density at radius 1 is 1.05 bits per heavy atom. The SMILES string of the molecule is NC(=O)C(CCC=O)N1Cc2cc(CNC(=O)C(F)(F)c3ccc(CCCCCCC(=O)NO)cc3)ccc2C1=O. The molecule has 220 valence electrons. The second-order valence-corrected chi connectivity index (χ2v) is 9.99. The molecule has 1 aliphatic heterocycles. The quantitative estimate of drug-likeness (QED) is 0.105. The number of nitrogens with two attached hydrogens (primary N) is 1. The molecule has 1 unspecified atom stereocenters. The Balaban J connectivity index is 1.53. The first kappa shape index (κ1) is 31.3. The van der Waals surface area contributed by atoms with E-state index in [4.69, 9.17) is 10.9 Å². The number of aryl methyl sites for hydroxylation is 1. The second-order valence-electron chi connectivity index (χ2n) is 9.99. The van der Waals surface area contributed by atoms with E-state index in [1.807, 2.05) is 0 Å². The third kappa shape index (κ3) is 8.16. The highest BCUT2D eigenvalue weighted by Gasteiger charge is 2.41. The van der Waals surface area contributed by atoms with Crippen LogP contribution >= 0.6 is 0 Å². The number of carbonyl (C=O) groups is 5. The summed E-state index contributed by atoms with van der Waals surface area (Å²) in [6.07, 6.45) is 4.83. The molecule has 0 radical (unpaired) electrons. The van der Waals surface area contributed by atoms with Crippen LogP contribution in [0.4, 0.5) is 8.78 Å². The van der Waals surface area contributed by atoms with E-state index in [0.717, 1.165) is 24.8 Å². The summed E-state index contributed by atoms with van der Waals surface area (Å²) >= 11 is 0. The van der Waals surface area contributed by atoms with E-state index in [9.17, 15) is 32.8 Å². The van der Waals surface area contributed by atoms with Crippen molar-refractivity contribution in [2.75, 3.05) is 0 Å². The minimum atomic E-state index is -3.76. The third-order valence-corrected chi connectivity index (χ3v) is 7.06. The maximum atomic E-state index is 14.9. The Morgan fingerprint density at radius 3 is 2.39 bits per heavy atom. The van der Waals surface area contributed by atoms with Crippen molar-refractivity contribution in [2.45, 2.75) is 76.4 Å². The zero-order chi connectivity index (χ0) is 30.0. The van der Waals surface area contributed by atoms with E-state index in [-0.39, 0.29) is 32.4 Å². The number of hydrogen-bond acceptors (Lipinski definition) is 6. The lowest BCUT2D eigenvalue weighted by Crippen LogP contribution is -2.44. The highest BCUT2D eigenvalue weighted by Crippen LogP contribution is 2.30. The molecule has 10 nitrogen and oxygen atoms in total. The van der Waals surface area contributed by atoms with Gasteiger partial charge in [0.25, 0.3) is 11.8 Å². The Bertz CT molecular complexity index is 1270. The largest absolute Gasteiger partial charge is 0.368 e. The van der Waals surface area contributed by atoms with Gasteiger partial charge in [-0.15, -0.1) is 0 Å². The van der Waals surface area contributed by atoms with Gasteiger partial charge in [-0.2, -0.15) is 8.78 Å². The molecule has 0 saturated carbocycles. The molecule has 0 aromatic heterocycles. The van der Waals surface area contributed by atoms with Gasteiger partial charge in [0, 0.05) is 37.1 Å². The normalized spacial score (nSPS) is 13.4. The molecule has 2 aromatic carbocycles. The highest BCUT2D eigenvalue weighted by molar-refractivity contribution is 6.01. The minimum Gasteiger partial charge on any atom is -0.368 e. The van der Waals surface area contributed by atoms with E-state index in [1.54, 1.807) is 29.7 Å². The van der Waals surface area contributed by atoms with Crippen molar-refractivity contribution in [3.05, 3.63) is 70.3 Å². The van der Waals surface area contributed by atoms with Crippen LogP contribution in [0.15, 0.2) is 42.5 Å².